The first-order chi connectivity index (χ1) is 9.68. The van der Waals surface area contributed by atoms with Gasteiger partial charge < -0.3 is 9.88 Å². The maximum absolute atomic E-state index is 12.0. The fraction of sp³-hybridized carbons (Fsp3) is 0.0909. The molecule has 112 valence electrons. The zero-order valence-corrected chi connectivity index (χ0v) is 13.0. The molecule has 7 nitrogen and oxygen atoms in total. The molecule has 0 unspecified atom stereocenters. The minimum Gasteiger partial charge on any atom is -0.340 e. The Morgan fingerprint density at radius 3 is 2.33 bits per heavy atom. The lowest BCUT2D eigenvalue weighted by Gasteiger charge is -2.10. The molecule has 0 aliphatic carbocycles. The van der Waals surface area contributed by atoms with Crippen LogP contribution in [0.4, 0.5) is 5.69 Å². The number of hydrogen-bond acceptors (Lipinski definition) is 4. The monoisotopic (exact) mass is 348 g/mol. The summed E-state index contributed by atoms with van der Waals surface area (Å²) in [6, 6.07) is 2.22. The van der Waals surface area contributed by atoms with E-state index in [-0.39, 0.29) is 26.3 Å². The van der Waals surface area contributed by atoms with Gasteiger partial charge in [-0.1, -0.05) is 23.2 Å². The van der Waals surface area contributed by atoms with Crippen molar-refractivity contribution in [2.75, 3.05) is 5.32 Å². The Hall–Kier alpha value is -1.61. The van der Waals surface area contributed by atoms with E-state index in [2.05, 4.69) is 10.3 Å². The molecule has 2 aromatic rings. The van der Waals surface area contributed by atoms with E-state index in [4.69, 9.17) is 28.3 Å². The Morgan fingerprint density at radius 1 is 1.33 bits per heavy atom. The number of sulfonamides is 1. The highest BCUT2D eigenvalue weighted by atomic mass is 35.5. The minimum atomic E-state index is -3.94. The summed E-state index contributed by atoms with van der Waals surface area (Å²) in [5.41, 5.74) is 0.251. The van der Waals surface area contributed by atoms with E-state index in [0.29, 0.717) is 0 Å². The number of aromatic nitrogens is 2. The summed E-state index contributed by atoms with van der Waals surface area (Å²) in [6.45, 7) is 0. The lowest BCUT2D eigenvalue weighted by Crippen LogP contribution is -2.15. The van der Waals surface area contributed by atoms with Crippen molar-refractivity contribution in [3.63, 3.8) is 0 Å². The largest absolute Gasteiger partial charge is 0.340 e. The Balaban J connectivity index is 2.35. The summed E-state index contributed by atoms with van der Waals surface area (Å²) in [7, 11) is -2.23. The van der Waals surface area contributed by atoms with Gasteiger partial charge in [0.05, 0.1) is 27.0 Å². The van der Waals surface area contributed by atoms with Crippen molar-refractivity contribution in [1.82, 2.24) is 9.55 Å². The highest BCUT2D eigenvalue weighted by molar-refractivity contribution is 7.89. The van der Waals surface area contributed by atoms with E-state index in [1.165, 1.54) is 12.5 Å². The number of rotatable bonds is 3. The maximum Gasteiger partial charge on any atom is 0.275 e. The first-order valence-corrected chi connectivity index (χ1v) is 7.80. The zero-order valence-electron chi connectivity index (χ0n) is 10.7. The van der Waals surface area contributed by atoms with Crippen LogP contribution in [0.2, 0.25) is 10.0 Å². The number of nitrogens with two attached hydrogens (primary N) is 1. The van der Waals surface area contributed by atoms with Crippen LogP contribution >= 0.6 is 23.2 Å². The maximum atomic E-state index is 12.0. The van der Waals surface area contributed by atoms with Gasteiger partial charge in [-0.2, -0.15) is 0 Å². The fourth-order valence-corrected chi connectivity index (χ4v) is 2.82. The number of aryl methyl sites for hydroxylation is 1. The Morgan fingerprint density at radius 2 is 1.90 bits per heavy atom. The van der Waals surface area contributed by atoms with Gasteiger partial charge >= 0.3 is 0 Å². The highest BCUT2D eigenvalue weighted by Gasteiger charge is 2.18. The van der Waals surface area contributed by atoms with Gasteiger partial charge in [0, 0.05) is 13.2 Å². The van der Waals surface area contributed by atoms with E-state index in [1.54, 1.807) is 11.6 Å². The van der Waals surface area contributed by atoms with Crippen LogP contribution in [-0.4, -0.2) is 23.9 Å². The number of halogens is 2. The summed E-state index contributed by atoms with van der Waals surface area (Å²) in [6.07, 6.45) is 2.97. The molecular weight excluding hydrogens is 339 g/mol. The van der Waals surface area contributed by atoms with Crippen molar-refractivity contribution >= 4 is 44.8 Å². The Labute approximate surface area is 130 Å². The second-order valence-corrected chi connectivity index (χ2v) is 6.56. The second kappa shape index (κ2) is 5.64. The number of anilines is 1. The van der Waals surface area contributed by atoms with Gasteiger partial charge in [-0.15, -0.1) is 0 Å². The predicted molar refractivity (Wildman–Crippen MR) is 79.0 cm³/mol. The summed E-state index contributed by atoms with van der Waals surface area (Å²) in [5, 5.41) is 7.38. The van der Waals surface area contributed by atoms with Gasteiger partial charge in [0.1, 0.15) is 5.69 Å². The summed E-state index contributed by atoms with van der Waals surface area (Å²) in [5.74, 6) is -0.525. The summed E-state index contributed by atoms with van der Waals surface area (Å²) >= 11 is 11.9. The molecule has 2 rings (SSSR count). The molecular formula is C11H10Cl2N4O3S. The Bertz CT molecular complexity index is 794. The molecule has 1 aromatic carbocycles. The number of primary sulfonamides is 1. The lowest BCUT2D eigenvalue weighted by molar-refractivity contribution is 0.102. The van der Waals surface area contributed by atoms with Gasteiger partial charge in [0.2, 0.25) is 10.0 Å². The lowest BCUT2D eigenvalue weighted by atomic mass is 10.3. The molecule has 0 spiro atoms. The smallest absolute Gasteiger partial charge is 0.275 e. The van der Waals surface area contributed by atoms with Crippen LogP contribution in [0.15, 0.2) is 29.6 Å². The topological polar surface area (TPSA) is 107 Å². The van der Waals surface area contributed by atoms with E-state index in [1.807, 2.05) is 0 Å². The van der Waals surface area contributed by atoms with E-state index >= 15 is 0 Å². The molecule has 0 atom stereocenters. The SMILES string of the molecule is Cn1cnc(C(=O)Nc2c(Cl)cc(S(N)(=O)=O)cc2Cl)c1. The molecule has 0 radical (unpaired) electrons. The molecule has 10 heteroatoms. The minimum absolute atomic E-state index is 0.0455. The molecule has 1 aromatic heterocycles. The number of benzene rings is 1. The van der Waals surface area contributed by atoms with Gasteiger partial charge in [0.15, 0.2) is 0 Å². The van der Waals surface area contributed by atoms with Crippen LogP contribution in [0.1, 0.15) is 10.5 Å². The van der Waals surface area contributed by atoms with Gasteiger partial charge in [0.25, 0.3) is 5.91 Å². The van der Waals surface area contributed by atoms with Crippen molar-refractivity contribution in [1.29, 1.82) is 0 Å². The van der Waals surface area contributed by atoms with Crippen molar-refractivity contribution in [3.05, 3.63) is 40.4 Å². The van der Waals surface area contributed by atoms with Crippen LogP contribution < -0.4 is 10.5 Å². The fourth-order valence-electron chi connectivity index (χ4n) is 1.54. The van der Waals surface area contributed by atoms with Gasteiger partial charge in [-0.3, -0.25) is 4.79 Å². The number of imidazole rings is 1. The van der Waals surface area contributed by atoms with E-state index in [9.17, 15) is 13.2 Å². The first kappa shape index (κ1) is 15.8. The van der Waals surface area contributed by atoms with Gasteiger partial charge in [-0.25, -0.2) is 18.5 Å². The highest BCUT2D eigenvalue weighted by Crippen LogP contribution is 2.33. The Kier molecular flexibility index (Phi) is 4.24. The molecule has 0 saturated carbocycles. The predicted octanol–water partition coefficient (Wildman–Crippen LogP) is 1.63. The number of carbonyl (C=O) groups excluding carboxylic acids is 1. The van der Waals surface area contributed by atoms with Crippen molar-refractivity contribution < 1.29 is 13.2 Å². The number of nitrogens with zero attached hydrogens (tertiary/aromatic N) is 2. The molecule has 21 heavy (non-hydrogen) atoms. The number of hydrogen-bond donors (Lipinski definition) is 2. The third kappa shape index (κ3) is 3.53. The van der Waals surface area contributed by atoms with Crippen molar-refractivity contribution in [2.45, 2.75) is 4.90 Å². The van der Waals surface area contributed by atoms with Crippen LogP contribution in [0.25, 0.3) is 0 Å². The molecule has 0 aliphatic heterocycles. The molecule has 0 fully saturated rings. The van der Waals surface area contributed by atoms with Gasteiger partial charge in [-0.05, 0) is 12.1 Å². The van der Waals surface area contributed by atoms with Crippen LogP contribution in [0.3, 0.4) is 0 Å². The molecule has 1 heterocycles. The molecule has 0 bridgehead atoms. The van der Waals surface area contributed by atoms with Crippen LogP contribution in [-0.2, 0) is 17.1 Å². The number of carbonyl (C=O) groups is 1. The first-order valence-electron chi connectivity index (χ1n) is 5.49. The quantitative estimate of drug-likeness (QED) is 0.878. The standard InChI is InChI=1S/C11H10Cl2N4O3S/c1-17-4-9(15-5-17)11(18)16-10-7(12)2-6(3-8(10)13)21(14,19)20/h2-5H,1H3,(H,16,18)(H2,14,19,20). The number of amides is 1. The van der Waals surface area contributed by atoms with E-state index in [0.717, 1.165) is 12.1 Å². The average Bonchev–Trinajstić information content (AvgIpc) is 2.79. The molecule has 1 amide bonds. The second-order valence-electron chi connectivity index (χ2n) is 4.19. The van der Waals surface area contributed by atoms with E-state index < -0.39 is 15.9 Å². The zero-order chi connectivity index (χ0) is 15.8. The molecule has 3 N–H and O–H groups in total. The van der Waals surface area contributed by atoms with Crippen LogP contribution in [0.5, 0.6) is 0 Å². The van der Waals surface area contributed by atoms with Crippen molar-refractivity contribution in [2.24, 2.45) is 12.2 Å². The third-order valence-corrected chi connectivity index (χ3v) is 4.01. The third-order valence-electron chi connectivity index (χ3n) is 2.52. The number of nitrogens with one attached hydrogen (secondary N) is 1. The van der Waals surface area contributed by atoms with Crippen molar-refractivity contribution in [3.8, 4) is 0 Å². The average molecular weight is 349 g/mol. The van der Waals surface area contributed by atoms with Crippen LogP contribution in [0, 0.1) is 0 Å². The summed E-state index contributed by atoms with van der Waals surface area (Å²) < 4.78 is 24.1. The normalized spacial score (nSPS) is 11.4. The molecule has 0 saturated heterocycles. The molecule has 0 aliphatic rings. The summed E-state index contributed by atoms with van der Waals surface area (Å²) in [4.78, 5) is 15.6.